The van der Waals surface area contributed by atoms with Crippen molar-refractivity contribution in [2.45, 2.75) is 0 Å². The van der Waals surface area contributed by atoms with Crippen molar-refractivity contribution in [1.82, 2.24) is 19.5 Å². The van der Waals surface area contributed by atoms with E-state index >= 15 is 0 Å². The summed E-state index contributed by atoms with van der Waals surface area (Å²) in [6.45, 7) is 0. The Bertz CT molecular complexity index is 4140. The zero-order valence-electron chi connectivity index (χ0n) is 33.6. The zero-order chi connectivity index (χ0) is 41.2. The minimum absolute atomic E-state index is 0.645. The third-order valence-corrected chi connectivity index (χ3v) is 15.2. The molecule has 14 rings (SSSR count). The van der Waals surface area contributed by atoms with E-state index in [2.05, 4.69) is 199 Å². The van der Waals surface area contributed by atoms with Gasteiger partial charge in [0, 0.05) is 73.5 Å². The van der Waals surface area contributed by atoms with Gasteiger partial charge in [0.15, 0.2) is 17.5 Å². The van der Waals surface area contributed by atoms with E-state index < -0.39 is 0 Å². The fourth-order valence-corrected chi connectivity index (χ4v) is 12.3. The lowest BCUT2D eigenvalue weighted by Crippen LogP contribution is -2.02. The van der Waals surface area contributed by atoms with Crippen LogP contribution in [-0.4, -0.2) is 19.5 Å². The Balaban J connectivity index is 1.11. The second-order valence-electron chi connectivity index (χ2n) is 16.3. The predicted octanol–water partition coefficient (Wildman–Crippen LogP) is 16.2. The van der Waals surface area contributed by atoms with Crippen molar-refractivity contribution in [3.05, 3.63) is 194 Å². The number of rotatable bonds is 4. The summed E-state index contributed by atoms with van der Waals surface area (Å²) in [5, 5.41) is 14.6. The molecule has 4 heterocycles. The maximum absolute atomic E-state index is 5.53. The van der Waals surface area contributed by atoms with Crippen molar-refractivity contribution in [3.63, 3.8) is 0 Å². The van der Waals surface area contributed by atoms with Gasteiger partial charge in [0.2, 0.25) is 0 Å². The van der Waals surface area contributed by atoms with Crippen LogP contribution in [0.3, 0.4) is 0 Å². The van der Waals surface area contributed by atoms with E-state index in [-0.39, 0.29) is 0 Å². The van der Waals surface area contributed by atoms with E-state index in [0.717, 1.165) is 43.5 Å². The molecule has 0 aliphatic rings. The van der Waals surface area contributed by atoms with Gasteiger partial charge >= 0.3 is 0 Å². The van der Waals surface area contributed by atoms with Crippen LogP contribution in [0.5, 0.6) is 0 Å². The Morgan fingerprint density at radius 2 is 0.889 bits per heavy atom. The summed E-state index contributed by atoms with van der Waals surface area (Å²) in [6, 6.07) is 70.3. The number of nitrogens with zero attached hydrogens (tertiary/aromatic N) is 4. The quantitative estimate of drug-likeness (QED) is 0.177. The second-order valence-corrected chi connectivity index (χ2v) is 18.4. The number of aromatic nitrogens is 4. The van der Waals surface area contributed by atoms with Crippen LogP contribution in [0.25, 0.3) is 134 Å². The van der Waals surface area contributed by atoms with E-state index in [1.807, 2.05) is 11.3 Å². The van der Waals surface area contributed by atoms with Gasteiger partial charge in [0.25, 0.3) is 0 Å². The highest BCUT2D eigenvalue weighted by Crippen LogP contribution is 2.46. The average molecular weight is 837 g/mol. The molecule has 6 heteroatoms. The summed E-state index contributed by atoms with van der Waals surface area (Å²) < 4.78 is 7.29. The van der Waals surface area contributed by atoms with E-state index in [0.29, 0.717) is 17.5 Å². The molecule has 292 valence electrons. The monoisotopic (exact) mass is 836 g/mol. The van der Waals surface area contributed by atoms with E-state index in [9.17, 15) is 0 Å². The number of hydrogen-bond donors (Lipinski definition) is 0. The van der Waals surface area contributed by atoms with Gasteiger partial charge < -0.3 is 4.57 Å². The first-order valence-corrected chi connectivity index (χ1v) is 22.8. The predicted molar refractivity (Wildman–Crippen MR) is 269 cm³/mol. The van der Waals surface area contributed by atoms with Crippen molar-refractivity contribution in [2.75, 3.05) is 0 Å². The topological polar surface area (TPSA) is 43.6 Å². The van der Waals surface area contributed by atoms with Gasteiger partial charge in [0.05, 0.1) is 11.0 Å². The van der Waals surface area contributed by atoms with Crippen LogP contribution in [0.4, 0.5) is 0 Å². The molecular formula is C57H32N4S2. The van der Waals surface area contributed by atoms with Crippen molar-refractivity contribution < 1.29 is 0 Å². The van der Waals surface area contributed by atoms with Crippen molar-refractivity contribution in [1.29, 1.82) is 0 Å². The molecule has 14 aromatic rings. The van der Waals surface area contributed by atoms with Crippen LogP contribution >= 0.6 is 22.7 Å². The van der Waals surface area contributed by atoms with Crippen molar-refractivity contribution in [2.24, 2.45) is 0 Å². The fourth-order valence-electron chi connectivity index (χ4n) is 9.97. The molecule has 0 fully saturated rings. The Kier molecular flexibility index (Phi) is 7.40. The Hall–Kier alpha value is -7.77. The molecule has 4 aromatic heterocycles. The van der Waals surface area contributed by atoms with Gasteiger partial charge in [-0.25, -0.2) is 15.0 Å². The third kappa shape index (κ3) is 5.23. The summed E-state index contributed by atoms with van der Waals surface area (Å²) in [4.78, 5) is 16.3. The van der Waals surface area contributed by atoms with Crippen molar-refractivity contribution in [3.8, 4) is 39.9 Å². The Labute approximate surface area is 368 Å². The number of thiophene rings is 2. The number of hydrogen-bond acceptors (Lipinski definition) is 5. The molecule has 0 N–H and O–H groups in total. The molecule has 0 saturated heterocycles. The van der Waals surface area contributed by atoms with Crippen LogP contribution < -0.4 is 0 Å². The van der Waals surface area contributed by atoms with Gasteiger partial charge in [-0.2, -0.15) is 0 Å². The number of benzene rings is 10. The molecular weight excluding hydrogens is 805 g/mol. The molecule has 63 heavy (non-hydrogen) atoms. The largest absolute Gasteiger partial charge is 0.309 e. The van der Waals surface area contributed by atoms with Gasteiger partial charge in [-0.05, 0) is 80.8 Å². The summed E-state index contributed by atoms with van der Waals surface area (Å²) in [5.41, 5.74) is 6.31. The summed E-state index contributed by atoms with van der Waals surface area (Å²) in [5.74, 6) is 1.95. The SMILES string of the molecule is c1ccc2cc(-c3nc(-c4cc(-n5c6ccc7ccccc7c6c6c7ccccc7ccc65)cc5c4sc4ccccc45)nc(-c4cccc5sc6ccccc6c45)n3)ccc2c1. The van der Waals surface area contributed by atoms with E-state index in [1.54, 1.807) is 11.3 Å². The van der Waals surface area contributed by atoms with Gasteiger partial charge in [-0.1, -0.05) is 146 Å². The molecule has 0 saturated carbocycles. The lowest BCUT2D eigenvalue weighted by Gasteiger charge is -2.14. The van der Waals surface area contributed by atoms with Gasteiger partial charge in [0.1, 0.15) is 0 Å². The summed E-state index contributed by atoms with van der Waals surface area (Å²) in [6.07, 6.45) is 0. The zero-order valence-corrected chi connectivity index (χ0v) is 35.2. The average Bonchev–Trinajstić information content (AvgIpc) is 4.03. The van der Waals surface area contributed by atoms with Crippen LogP contribution in [0, 0.1) is 0 Å². The highest BCUT2D eigenvalue weighted by atomic mass is 32.1. The maximum Gasteiger partial charge on any atom is 0.165 e. The lowest BCUT2D eigenvalue weighted by molar-refractivity contribution is 1.08. The Morgan fingerprint density at radius 1 is 0.333 bits per heavy atom. The van der Waals surface area contributed by atoms with Gasteiger partial charge in [-0.15, -0.1) is 22.7 Å². The highest BCUT2D eigenvalue weighted by molar-refractivity contribution is 7.26. The molecule has 0 aliphatic heterocycles. The summed E-state index contributed by atoms with van der Waals surface area (Å²) >= 11 is 3.61. The molecule has 0 aliphatic carbocycles. The van der Waals surface area contributed by atoms with E-state index in [1.165, 1.54) is 73.3 Å². The molecule has 0 bridgehead atoms. The van der Waals surface area contributed by atoms with Crippen LogP contribution in [-0.2, 0) is 0 Å². The minimum Gasteiger partial charge on any atom is -0.309 e. The molecule has 0 atom stereocenters. The van der Waals surface area contributed by atoms with Crippen LogP contribution in [0.1, 0.15) is 0 Å². The van der Waals surface area contributed by atoms with Crippen LogP contribution in [0.15, 0.2) is 194 Å². The maximum atomic E-state index is 5.53. The molecule has 10 aromatic carbocycles. The highest BCUT2D eigenvalue weighted by Gasteiger charge is 2.23. The lowest BCUT2D eigenvalue weighted by atomic mass is 10.00. The first-order chi connectivity index (χ1) is 31.2. The molecule has 0 spiro atoms. The third-order valence-electron chi connectivity index (χ3n) is 12.8. The first kappa shape index (κ1) is 34.9. The normalized spacial score (nSPS) is 12.1. The molecule has 0 radical (unpaired) electrons. The Morgan fingerprint density at radius 3 is 1.62 bits per heavy atom. The molecule has 0 unspecified atom stereocenters. The van der Waals surface area contributed by atoms with E-state index in [4.69, 9.17) is 15.0 Å². The molecule has 4 nitrogen and oxygen atoms in total. The summed E-state index contributed by atoms with van der Waals surface area (Å²) in [7, 11) is 0. The van der Waals surface area contributed by atoms with Crippen molar-refractivity contribution >= 4 is 117 Å². The van der Waals surface area contributed by atoms with Crippen LogP contribution in [0.2, 0.25) is 0 Å². The molecule has 0 amide bonds. The van der Waals surface area contributed by atoms with Gasteiger partial charge in [-0.3, -0.25) is 0 Å². The first-order valence-electron chi connectivity index (χ1n) is 21.2. The smallest absolute Gasteiger partial charge is 0.165 e. The fraction of sp³-hybridized carbons (Fsp3) is 0. The minimum atomic E-state index is 0.645. The standard InChI is InChI=1S/C57H32N4S2/c1-2-15-36-30-37(25-24-33(36)12-1)55-58-56(43-20-11-23-50-51(43)42-19-8-10-22-49(42)62-50)60-57(59-55)45-32-38(31-44-41-18-7-9-21-48(41)63-54(44)45)61-46-28-26-34-13-3-5-16-39(34)52(46)53-40-17-6-4-14-35(40)27-29-47(53)61/h1-32H. The number of fused-ring (bicyclic) bond motifs is 14. The second kappa shape index (κ2) is 13.4.